The summed E-state index contributed by atoms with van der Waals surface area (Å²) in [6, 6.07) is 6.59. The number of ether oxygens (including phenoxy) is 1. The van der Waals surface area contributed by atoms with Gasteiger partial charge in [0.15, 0.2) is 8.32 Å². The highest BCUT2D eigenvalue weighted by Gasteiger charge is 2.45. The molecule has 0 radical (unpaired) electrons. The van der Waals surface area contributed by atoms with Crippen LogP contribution in [0.1, 0.15) is 47.1 Å². The van der Waals surface area contributed by atoms with E-state index in [1.807, 2.05) is 26.8 Å². The topological polar surface area (TPSA) is 47.6 Å². The highest BCUT2D eigenvalue weighted by Crippen LogP contribution is 2.39. The Balaban J connectivity index is 2.28. The molecule has 1 N–H and O–H groups in total. The van der Waals surface area contributed by atoms with Gasteiger partial charge in [0.25, 0.3) is 0 Å². The van der Waals surface area contributed by atoms with Crippen LogP contribution >= 0.6 is 0 Å². The SMILES string of the molecule is CC(C)(C)[S@@](=O)N[C@@H](Cc1ccccc1F)[C@H]1COC[C@H]1O[Si](C)(C)C(C)(C)C. The van der Waals surface area contributed by atoms with Crippen LogP contribution in [0.25, 0.3) is 0 Å². The summed E-state index contributed by atoms with van der Waals surface area (Å²) < 4.78 is 42.6. The van der Waals surface area contributed by atoms with Gasteiger partial charge in [0.2, 0.25) is 0 Å². The van der Waals surface area contributed by atoms with E-state index >= 15 is 0 Å². The van der Waals surface area contributed by atoms with Crippen molar-refractivity contribution in [3.05, 3.63) is 35.6 Å². The van der Waals surface area contributed by atoms with Gasteiger partial charge in [-0.2, -0.15) is 0 Å². The van der Waals surface area contributed by atoms with Gasteiger partial charge in [-0.05, 0) is 57.0 Å². The molecule has 2 rings (SSSR count). The van der Waals surface area contributed by atoms with Crippen LogP contribution in [0.3, 0.4) is 0 Å². The molecular weight excluding hydrogens is 405 g/mol. The number of hydrogen-bond acceptors (Lipinski definition) is 3. The second-order valence-electron chi connectivity index (χ2n) is 10.5. The third kappa shape index (κ3) is 6.44. The zero-order valence-electron chi connectivity index (χ0n) is 19.2. The summed E-state index contributed by atoms with van der Waals surface area (Å²) in [5.74, 6) is -0.225. The summed E-state index contributed by atoms with van der Waals surface area (Å²) in [6.45, 7) is 18.0. The van der Waals surface area contributed by atoms with Crippen molar-refractivity contribution in [3.63, 3.8) is 0 Å². The Morgan fingerprint density at radius 2 is 1.83 bits per heavy atom. The molecule has 166 valence electrons. The number of benzene rings is 1. The standard InChI is InChI=1S/C22H38FNO3SSi/c1-21(2,3)28(25)24-19(13-16-11-9-10-12-18(16)23)17-14-26-15-20(17)27-29(7,8)22(4,5)6/h9-12,17,19-20,24H,13-15H2,1-8H3/t17-,19+,20-,28-/m1/s1. The molecule has 1 fully saturated rings. The molecule has 0 saturated carbocycles. The van der Waals surface area contributed by atoms with Crippen LogP contribution in [-0.4, -0.2) is 42.6 Å². The average Bonchev–Trinajstić information content (AvgIpc) is 3.01. The zero-order valence-corrected chi connectivity index (χ0v) is 21.0. The number of halogens is 1. The summed E-state index contributed by atoms with van der Waals surface area (Å²) in [5, 5.41) is 0.0861. The van der Waals surface area contributed by atoms with Crippen LogP contribution in [0.2, 0.25) is 18.1 Å². The molecule has 4 atom stereocenters. The first-order valence-electron chi connectivity index (χ1n) is 10.4. The van der Waals surface area contributed by atoms with Crippen LogP contribution in [0, 0.1) is 11.7 Å². The van der Waals surface area contributed by atoms with Crippen molar-refractivity contribution >= 4 is 19.3 Å². The molecule has 4 nitrogen and oxygen atoms in total. The molecule has 0 aliphatic carbocycles. The van der Waals surface area contributed by atoms with E-state index in [1.54, 1.807) is 12.1 Å². The zero-order chi connectivity index (χ0) is 22.0. The van der Waals surface area contributed by atoms with Crippen LogP contribution in [0.15, 0.2) is 24.3 Å². The van der Waals surface area contributed by atoms with Gasteiger partial charge in [-0.3, -0.25) is 0 Å². The molecular formula is C22H38FNO3SSi. The number of nitrogens with one attached hydrogen (secondary N) is 1. The van der Waals surface area contributed by atoms with Crippen molar-refractivity contribution in [3.8, 4) is 0 Å². The summed E-state index contributed by atoms with van der Waals surface area (Å²) in [7, 11) is -3.27. The Bertz CT molecular complexity index is 715. The van der Waals surface area contributed by atoms with Gasteiger partial charge < -0.3 is 9.16 Å². The fourth-order valence-electron chi connectivity index (χ4n) is 3.10. The molecule has 7 heteroatoms. The fraction of sp³-hybridized carbons (Fsp3) is 0.727. The first kappa shape index (κ1) is 24.7. The number of hydrogen-bond donors (Lipinski definition) is 1. The van der Waals surface area contributed by atoms with Crippen molar-refractivity contribution in [1.82, 2.24) is 4.72 Å². The minimum Gasteiger partial charge on any atom is -0.411 e. The molecule has 1 heterocycles. The first-order chi connectivity index (χ1) is 13.2. The van der Waals surface area contributed by atoms with E-state index < -0.39 is 24.1 Å². The van der Waals surface area contributed by atoms with Crippen molar-refractivity contribution < 1.29 is 17.8 Å². The first-order valence-corrected chi connectivity index (χ1v) is 14.5. The maximum absolute atomic E-state index is 14.4. The second-order valence-corrected chi connectivity index (χ2v) is 17.3. The Morgan fingerprint density at radius 3 is 2.38 bits per heavy atom. The van der Waals surface area contributed by atoms with E-state index in [2.05, 4.69) is 38.6 Å². The predicted molar refractivity (Wildman–Crippen MR) is 121 cm³/mol. The lowest BCUT2D eigenvalue weighted by Crippen LogP contribution is -2.52. The van der Waals surface area contributed by atoms with Crippen LogP contribution in [0.4, 0.5) is 4.39 Å². The summed E-state index contributed by atoms with van der Waals surface area (Å²) in [5.41, 5.74) is 0.619. The van der Waals surface area contributed by atoms with Crippen LogP contribution in [-0.2, 0) is 26.6 Å². The van der Waals surface area contributed by atoms with E-state index in [4.69, 9.17) is 9.16 Å². The van der Waals surface area contributed by atoms with E-state index in [-0.39, 0.29) is 28.9 Å². The fourth-order valence-corrected chi connectivity index (χ4v) is 5.34. The quantitative estimate of drug-likeness (QED) is 0.614. The largest absolute Gasteiger partial charge is 0.411 e. The highest BCUT2D eigenvalue weighted by molar-refractivity contribution is 7.84. The molecule has 0 unspecified atom stereocenters. The maximum Gasteiger partial charge on any atom is 0.192 e. The van der Waals surface area contributed by atoms with Gasteiger partial charge in [0, 0.05) is 12.0 Å². The molecule has 0 bridgehead atoms. The van der Waals surface area contributed by atoms with Crippen LogP contribution in [0.5, 0.6) is 0 Å². The molecule has 0 spiro atoms. The van der Waals surface area contributed by atoms with E-state index in [0.717, 1.165) is 0 Å². The van der Waals surface area contributed by atoms with Crippen molar-refractivity contribution in [2.24, 2.45) is 5.92 Å². The Morgan fingerprint density at radius 1 is 1.21 bits per heavy atom. The molecule has 1 aliphatic rings. The van der Waals surface area contributed by atoms with E-state index in [0.29, 0.717) is 25.2 Å². The van der Waals surface area contributed by atoms with Crippen LogP contribution < -0.4 is 4.72 Å². The predicted octanol–water partition coefficient (Wildman–Crippen LogP) is 4.83. The Hall–Kier alpha value is -0.603. The lowest BCUT2D eigenvalue weighted by Gasteiger charge is -2.40. The minimum absolute atomic E-state index is 0.00929. The van der Waals surface area contributed by atoms with Gasteiger partial charge in [-0.15, -0.1) is 0 Å². The van der Waals surface area contributed by atoms with Gasteiger partial charge >= 0.3 is 0 Å². The molecule has 0 amide bonds. The lowest BCUT2D eigenvalue weighted by atomic mass is 9.92. The van der Waals surface area contributed by atoms with Gasteiger partial charge in [-0.25, -0.2) is 13.3 Å². The monoisotopic (exact) mass is 443 g/mol. The third-order valence-electron chi connectivity index (χ3n) is 6.05. The molecule has 1 aromatic carbocycles. The maximum atomic E-state index is 14.4. The summed E-state index contributed by atoms with van der Waals surface area (Å²) in [6.07, 6.45) is 0.358. The minimum atomic E-state index is -1.99. The van der Waals surface area contributed by atoms with Crippen molar-refractivity contribution in [2.75, 3.05) is 13.2 Å². The molecule has 29 heavy (non-hydrogen) atoms. The van der Waals surface area contributed by atoms with Gasteiger partial charge in [0.05, 0.1) is 35.1 Å². The van der Waals surface area contributed by atoms with Crippen molar-refractivity contribution in [2.45, 2.75) is 83.0 Å². The molecule has 0 aromatic heterocycles. The summed E-state index contributed by atoms with van der Waals surface area (Å²) >= 11 is 0. The van der Waals surface area contributed by atoms with Gasteiger partial charge in [0.1, 0.15) is 5.82 Å². The molecule has 1 aromatic rings. The van der Waals surface area contributed by atoms with E-state index in [9.17, 15) is 8.60 Å². The van der Waals surface area contributed by atoms with E-state index in [1.165, 1.54) is 6.07 Å². The Kier molecular flexibility index (Phi) is 7.88. The second kappa shape index (κ2) is 9.26. The number of rotatable bonds is 7. The Labute approximate surface area is 179 Å². The molecule has 1 aliphatic heterocycles. The summed E-state index contributed by atoms with van der Waals surface area (Å²) in [4.78, 5) is 0. The highest BCUT2D eigenvalue weighted by atomic mass is 32.2. The third-order valence-corrected chi connectivity index (χ3v) is 12.2. The van der Waals surface area contributed by atoms with Crippen molar-refractivity contribution in [1.29, 1.82) is 0 Å². The normalized spacial score (nSPS) is 23.2. The lowest BCUT2D eigenvalue weighted by molar-refractivity contribution is 0.120. The average molecular weight is 444 g/mol. The van der Waals surface area contributed by atoms with Gasteiger partial charge in [-0.1, -0.05) is 39.0 Å². The molecule has 1 saturated heterocycles. The smallest absolute Gasteiger partial charge is 0.192 e.